The van der Waals surface area contributed by atoms with Gasteiger partial charge in [0.2, 0.25) is 5.91 Å². The highest BCUT2D eigenvalue weighted by atomic mass is 79.9. The van der Waals surface area contributed by atoms with Gasteiger partial charge >= 0.3 is 0 Å². The maximum Gasteiger partial charge on any atom is 0.221 e. The van der Waals surface area contributed by atoms with Crippen molar-refractivity contribution in [2.45, 2.75) is 31.2 Å². The number of hydrogen-bond donors (Lipinski definition) is 1. The van der Waals surface area contributed by atoms with E-state index in [-0.39, 0.29) is 18.2 Å². The Labute approximate surface area is 109 Å². The quantitative estimate of drug-likeness (QED) is 0.928. The summed E-state index contributed by atoms with van der Waals surface area (Å²) in [5, 5.41) is 12.0. The predicted octanol–water partition coefficient (Wildman–Crippen LogP) is 2.72. The average molecular weight is 293 g/mol. The first kappa shape index (κ1) is 12.1. The van der Waals surface area contributed by atoms with Crippen molar-refractivity contribution in [2.24, 2.45) is 0 Å². The SMILES string of the molecule is N#CC(CC(=O)NC1CC1)c1cccc(Br)c1. The summed E-state index contributed by atoms with van der Waals surface area (Å²) in [6, 6.07) is 10.1. The normalized spacial score (nSPS) is 16.0. The fourth-order valence-electron chi connectivity index (χ4n) is 1.66. The van der Waals surface area contributed by atoms with E-state index in [0.717, 1.165) is 22.9 Å². The molecule has 88 valence electrons. The van der Waals surface area contributed by atoms with E-state index in [2.05, 4.69) is 27.3 Å². The molecule has 1 unspecified atom stereocenters. The zero-order valence-electron chi connectivity index (χ0n) is 9.32. The lowest BCUT2D eigenvalue weighted by Crippen LogP contribution is -2.26. The second-order valence-corrected chi connectivity index (χ2v) is 5.20. The Hall–Kier alpha value is -1.34. The monoisotopic (exact) mass is 292 g/mol. The van der Waals surface area contributed by atoms with Crippen LogP contribution in [0, 0.1) is 11.3 Å². The fraction of sp³-hybridized carbons (Fsp3) is 0.385. The zero-order chi connectivity index (χ0) is 12.3. The van der Waals surface area contributed by atoms with Gasteiger partial charge in [-0.05, 0) is 30.5 Å². The number of hydrogen-bond acceptors (Lipinski definition) is 2. The Kier molecular flexibility index (Phi) is 3.80. The van der Waals surface area contributed by atoms with Crippen LogP contribution in [-0.2, 0) is 4.79 Å². The predicted molar refractivity (Wildman–Crippen MR) is 68.3 cm³/mol. The molecular formula is C13H13BrN2O. The Morgan fingerprint density at radius 2 is 2.35 bits per heavy atom. The van der Waals surface area contributed by atoms with Gasteiger partial charge in [0, 0.05) is 16.9 Å². The molecule has 1 aromatic carbocycles. The maximum absolute atomic E-state index is 11.6. The number of nitrogens with zero attached hydrogens (tertiary/aromatic N) is 1. The summed E-state index contributed by atoms with van der Waals surface area (Å²) >= 11 is 3.37. The summed E-state index contributed by atoms with van der Waals surface area (Å²) in [6.07, 6.45) is 2.38. The number of amides is 1. The molecular weight excluding hydrogens is 280 g/mol. The van der Waals surface area contributed by atoms with Gasteiger partial charge < -0.3 is 5.32 Å². The van der Waals surface area contributed by atoms with E-state index < -0.39 is 0 Å². The molecule has 0 aromatic heterocycles. The molecule has 0 radical (unpaired) electrons. The topological polar surface area (TPSA) is 52.9 Å². The first-order valence-corrected chi connectivity index (χ1v) is 6.43. The second-order valence-electron chi connectivity index (χ2n) is 4.28. The fourth-order valence-corrected chi connectivity index (χ4v) is 2.08. The molecule has 0 bridgehead atoms. The minimum Gasteiger partial charge on any atom is -0.353 e. The van der Waals surface area contributed by atoms with Gasteiger partial charge in [0.1, 0.15) is 0 Å². The minimum atomic E-state index is -0.369. The summed E-state index contributed by atoms with van der Waals surface area (Å²) < 4.78 is 0.929. The number of carbonyl (C=O) groups excluding carboxylic acids is 1. The third-order valence-corrected chi connectivity index (χ3v) is 3.23. The zero-order valence-corrected chi connectivity index (χ0v) is 10.9. The summed E-state index contributed by atoms with van der Waals surface area (Å²) in [5.74, 6) is -0.398. The second kappa shape index (κ2) is 5.33. The third kappa shape index (κ3) is 3.57. The Balaban J connectivity index is 2.00. The van der Waals surface area contributed by atoms with E-state index in [1.165, 1.54) is 0 Å². The molecule has 2 rings (SSSR count). The summed E-state index contributed by atoms with van der Waals surface area (Å²) in [7, 11) is 0. The lowest BCUT2D eigenvalue weighted by Gasteiger charge is -2.09. The smallest absolute Gasteiger partial charge is 0.221 e. The number of nitrogens with one attached hydrogen (secondary N) is 1. The number of halogens is 1. The van der Waals surface area contributed by atoms with Gasteiger partial charge in [-0.1, -0.05) is 28.1 Å². The van der Waals surface area contributed by atoms with Crippen LogP contribution in [0.25, 0.3) is 0 Å². The van der Waals surface area contributed by atoms with Crippen LogP contribution in [0.2, 0.25) is 0 Å². The molecule has 1 N–H and O–H groups in total. The number of benzene rings is 1. The van der Waals surface area contributed by atoms with E-state index in [4.69, 9.17) is 5.26 Å². The van der Waals surface area contributed by atoms with Crippen molar-refractivity contribution in [3.8, 4) is 6.07 Å². The standard InChI is InChI=1S/C13H13BrN2O/c14-11-3-1-2-9(6-11)10(8-15)7-13(17)16-12-4-5-12/h1-3,6,10,12H,4-5,7H2,(H,16,17). The highest BCUT2D eigenvalue weighted by molar-refractivity contribution is 9.10. The van der Waals surface area contributed by atoms with Gasteiger partial charge in [0.05, 0.1) is 12.0 Å². The van der Waals surface area contributed by atoms with Crippen molar-refractivity contribution in [1.82, 2.24) is 5.32 Å². The summed E-state index contributed by atoms with van der Waals surface area (Å²) in [5.41, 5.74) is 0.882. The molecule has 0 heterocycles. The molecule has 1 amide bonds. The average Bonchev–Trinajstić information content (AvgIpc) is 3.09. The van der Waals surface area contributed by atoms with Crippen molar-refractivity contribution in [2.75, 3.05) is 0 Å². The van der Waals surface area contributed by atoms with E-state index in [1.54, 1.807) is 0 Å². The Morgan fingerprint density at radius 3 is 2.94 bits per heavy atom. The molecule has 1 atom stereocenters. The van der Waals surface area contributed by atoms with Gasteiger partial charge in [-0.3, -0.25) is 4.79 Å². The first-order valence-electron chi connectivity index (χ1n) is 5.63. The lowest BCUT2D eigenvalue weighted by molar-refractivity contribution is -0.121. The van der Waals surface area contributed by atoms with Crippen molar-refractivity contribution in [3.63, 3.8) is 0 Å². The Bertz CT molecular complexity index is 463. The van der Waals surface area contributed by atoms with Crippen LogP contribution in [0.3, 0.4) is 0 Å². The van der Waals surface area contributed by atoms with Crippen LogP contribution in [-0.4, -0.2) is 11.9 Å². The highest BCUT2D eigenvalue weighted by Crippen LogP contribution is 2.24. The highest BCUT2D eigenvalue weighted by Gasteiger charge is 2.25. The van der Waals surface area contributed by atoms with Crippen molar-refractivity contribution >= 4 is 21.8 Å². The molecule has 4 heteroatoms. The maximum atomic E-state index is 11.6. The molecule has 1 aliphatic carbocycles. The van der Waals surface area contributed by atoms with Gasteiger partial charge in [0.15, 0.2) is 0 Å². The van der Waals surface area contributed by atoms with Crippen LogP contribution in [0.4, 0.5) is 0 Å². The van der Waals surface area contributed by atoms with Crippen molar-refractivity contribution in [3.05, 3.63) is 34.3 Å². The molecule has 3 nitrogen and oxygen atoms in total. The molecule has 1 saturated carbocycles. The van der Waals surface area contributed by atoms with Crippen LogP contribution in [0.15, 0.2) is 28.7 Å². The molecule has 1 aromatic rings. The number of nitriles is 1. The van der Waals surface area contributed by atoms with E-state index >= 15 is 0 Å². The molecule has 1 aliphatic rings. The van der Waals surface area contributed by atoms with Crippen LogP contribution >= 0.6 is 15.9 Å². The number of rotatable bonds is 4. The van der Waals surface area contributed by atoms with Gasteiger partial charge in [-0.15, -0.1) is 0 Å². The van der Waals surface area contributed by atoms with Crippen LogP contribution in [0.5, 0.6) is 0 Å². The summed E-state index contributed by atoms with van der Waals surface area (Å²) in [6.45, 7) is 0. The van der Waals surface area contributed by atoms with E-state index in [9.17, 15) is 4.79 Å². The summed E-state index contributed by atoms with van der Waals surface area (Å²) in [4.78, 5) is 11.6. The van der Waals surface area contributed by atoms with Gasteiger partial charge in [-0.25, -0.2) is 0 Å². The molecule has 0 spiro atoms. The molecule has 0 saturated heterocycles. The van der Waals surface area contributed by atoms with Gasteiger partial charge in [0.25, 0.3) is 0 Å². The van der Waals surface area contributed by atoms with Crippen molar-refractivity contribution in [1.29, 1.82) is 5.26 Å². The van der Waals surface area contributed by atoms with Crippen LogP contribution < -0.4 is 5.32 Å². The van der Waals surface area contributed by atoms with E-state index in [0.29, 0.717) is 6.04 Å². The number of carbonyl (C=O) groups is 1. The molecule has 1 fully saturated rings. The van der Waals surface area contributed by atoms with Crippen LogP contribution in [0.1, 0.15) is 30.7 Å². The molecule has 17 heavy (non-hydrogen) atoms. The third-order valence-electron chi connectivity index (χ3n) is 2.74. The first-order chi connectivity index (χ1) is 8.19. The molecule has 0 aliphatic heterocycles. The van der Waals surface area contributed by atoms with E-state index in [1.807, 2.05) is 24.3 Å². The Morgan fingerprint density at radius 1 is 1.59 bits per heavy atom. The minimum absolute atomic E-state index is 0.0287. The van der Waals surface area contributed by atoms with Gasteiger partial charge in [-0.2, -0.15) is 5.26 Å². The van der Waals surface area contributed by atoms with Crippen molar-refractivity contribution < 1.29 is 4.79 Å². The largest absolute Gasteiger partial charge is 0.353 e. The lowest BCUT2D eigenvalue weighted by atomic mass is 9.97.